The van der Waals surface area contributed by atoms with Crippen molar-refractivity contribution in [1.29, 1.82) is 0 Å². The first kappa shape index (κ1) is 36.4. The topological polar surface area (TPSA) is 247 Å². The summed E-state index contributed by atoms with van der Waals surface area (Å²) in [6, 6.07) is 11.6. The van der Waals surface area contributed by atoms with Crippen LogP contribution in [0.4, 0.5) is 0 Å². The maximum absolute atomic E-state index is 13.0. The molecule has 1 aliphatic rings. The summed E-state index contributed by atoms with van der Waals surface area (Å²) in [4.78, 5) is 51.0. The summed E-state index contributed by atoms with van der Waals surface area (Å²) in [6.45, 7) is 0. The Labute approximate surface area is 283 Å². The number of phenols is 5. The normalized spacial score (nSPS) is 20.5. The molecule has 0 aliphatic heterocycles. The zero-order chi connectivity index (χ0) is 36.6. The molecule has 15 nitrogen and oxygen atoms in total. The van der Waals surface area contributed by atoms with E-state index in [0.29, 0.717) is 5.56 Å². The second-order valence-corrected chi connectivity index (χ2v) is 11.0. The number of carbonyl (C=O) groups excluding carboxylic acids is 3. The number of hydrogen-bond donors (Lipinski definition) is 7. The number of aliphatic hydroxyl groups is 1. The van der Waals surface area contributed by atoms with Gasteiger partial charge in [-0.25, -0.2) is 19.2 Å². The molecule has 7 N–H and O–H groups in total. The summed E-state index contributed by atoms with van der Waals surface area (Å²) in [5.74, 6) is -6.75. The van der Waals surface area contributed by atoms with Gasteiger partial charge in [0.2, 0.25) is 0 Å². The minimum Gasteiger partial charge on any atom is -0.504 e. The van der Waals surface area contributed by atoms with Crippen LogP contribution in [0.25, 0.3) is 18.2 Å². The number of esters is 3. The third-order valence-corrected chi connectivity index (χ3v) is 7.43. The molecule has 0 saturated heterocycles. The van der Waals surface area contributed by atoms with Crippen molar-refractivity contribution < 1.29 is 73.9 Å². The Kier molecular flexibility index (Phi) is 11.4. The van der Waals surface area contributed by atoms with Gasteiger partial charge < -0.3 is 54.7 Å². The molecule has 1 aliphatic carbocycles. The van der Waals surface area contributed by atoms with E-state index in [1.54, 1.807) is 0 Å². The first-order chi connectivity index (χ1) is 23.7. The Balaban J connectivity index is 1.62. The largest absolute Gasteiger partial charge is 0.504 e. The van der Waals surface area contributed by atoms with Crippen molar-refractivity contribution >= 4 is 42.1 Å². The molecule has 1 saturated carbocycles. The van der Waals surface area contributed by atoms with Gasteiger partial charge in [0.05, 0.1) is 7.11 Å². The lowest BCUT2D eigenvalue weighted by Crippen LogP contribution is -2.59. The Hall–Kier alpha value is -6.48. The van der Waals surface area contributed by atoms with Crippen molar-refractivity contribution in [2.45, 2.75) is 36.8 Å². The molecule has 0 heterocycles. The van der Waals surface area contributed by atoms with Gasteiger partial charge in [0, 0.05) is 31.1 Å². The highest BCUT2D eigenvalue weighted by atomic mass is 16.6. The van der Waals surface area contributed by atoms with E-state index in [1.807, 2.05) is 0 Å². The molecule has 0 aromatic heterocycles. The average molecular weight is 693 g/mol. The van der Waals surface area contributed by atoms with Crippen molar-refractivity contribution in [1.82, 2.24) is 0 Å². The summed E-state index contributed by atoms with van der Waals surface area (Å²) in [5.41, 5.74) is -1.68. The van der Waals surface area contributed by atoms with E-state index < -0.39 is 83.6 Å². The van der Waals surface area contributed by atoms with E-state index in [1.165, 1.54) is 67.8 Å². The van der Waals surface area contributed by atoms with Crippen LogP contribution in [0.1, 0.15) is 29.5 Å². The molecule has 50 heavy (non-hydrogen) atoms. The van der Waals surface area contributed by atoms with Crippen molar-refractivity contribution in [3.63, 3.8) is 0 Å². The number of aliphatic carboxylic acids is 1. The Morgan fingerprint density at radius 1 is 0.620 bits per heavy atom. The van der Waals surface area contributed by atoms with Gasteiger partial charge in [-0.3, -0.25) is 0 Å². The van der Waals surface area contributed by atoms with Crippen LogP contribution in [0, 0.1) is 0 Å². The predicted molar refractivity (Wildman–Crippen MR) is 173 cm³/mol. The van der Waals surface area contributed by atoms with Crippen LogP contribution in [0.5, 0.6) is 34.5 Å². The van der Waals surface area contributed by atoms with Gasteiger partial charge in [0.15, 0.2) is 46.2 Å². The van der Waals surface area contributed by atoms with E-state index in [9.17, 15) is 54.9 Å². The number of ether oxygens (including phenoxy) is 4. The Morgan fingerprint density at radius 3 is 1.42 bits per heavy atom. The summed E-state index contributed by atoms with van der Waals surface area (Å²) < 4.78 is 21.4. The molecule has 0 bridgehead atoms. The quantitative estimate of drug-likeness (QED) is 0.0661. The van der Waals surface area contributed by atoms with Crippen LogP contribution in [-0.4, -0.2) is 90.6 Å². The van der Waals surface area contributed by atoms with E-state index in [-0.39, 0.29) is 22.6 Å². The first-order valence-electron chi connectivity index (χ1n) is 14.7. The summed E-state index contributed by atoms with van der Waals surface area (Å²) >= 11 is 0. The molecule has 1 fully saturated rings. The third kappa shape index (κ3) is 9.32. The number of aromatic hydroxyl groups is 5. The average Bonchev–Trinajstić information content (AvgIpc) is 3.07. The molecular formula is C35H32O15. The first-order valence-corrected chi connectivity index (χ1v) is 14.7. The number of carboxylic acids is 1. The molecule has 0 spiro atoms. The van der Waals surface area contributed by atoms with Gasteiger partial charge in [-0.05, 0) is 71.3 Å². The Bertz CT molecular complexity index is 1860. The maximum Gasteiger partial charge on any atom is 0.335 e. The molecule has 0 radical (unpaired) electrons. The summed E-state index contributed by atoms with van der Waals surface area (Å²) in [5, 5.41) is 69.2. The zero-order valence-electron chi connectivity index (χ0n) is 26.2. The molecule has 3 aromatic carbocycles. The van der Waals surface area contributed by atoms with E-state index in [2.05, 4.69) is 0 Å². The standard InChI is InChI=1S/C35H32O15/c1-47-27-16-21(4-10-24(27)38)7-12-31(42)49-29-18-35(46,34(44)45)17-28(48-30(41)11-5-19-2-8-22(36)25(39)14-19)33(29)50-32(43)13-6-20-3-9-23(37)26(40)15-20/h2-16,28-29,33,36-40,46H,17-18H2,1H3,(H,44,45)/b11-5+,12-7+,13-6+/t28-,29-,33-,35+/m1/s1. The predicted octanol–water partition coefficient (Wildman–Crippen LogP) is 3.01. The van der Waals surface area contributed by atoms with Crippen LogP contribution < -0.4 is 4.74 Å². The van der Waals surface area contributed by atoms with Gasteiger partial charge in [0.1, 0.15) is 12.2 Å². The van der Waals surface area contributed by atoms with E-state index in [0.717, 1.165) is 30.4 Å². The highest BCUT2D eigenvalue weighted by Gasteiger charge is 2.54. The molecule has 262 valence electrons. The van der Waals surface area contributed by atoms with Gasteiger partial charge in [-0.2, -0.15) is 0 Å². The third-order valence-electron chi connectivity index (χ3n) is 7.43. The highest BCUT2D eigenvalue weighted by molar-refractivity contribution is 5.89. The highest BCUT2D eigenvalue weighted by Crippen LogP contribution is 2.36. The number of rotatable bonds is 11. The lowest BCUT2D eigenvalue weighted by Gasteiger charge is -2.41. The number of hydrogen-bond acceptors (Lipinski definition) is 14. The summed E-state index contributed by atoms with van der Waals surface area (Å²) in [6.07, 6.45) is -0.120. The van der Waals surface area contributed by atoms with Gasteiger partial charge >= 0.3 is 23.9 Å². The Morgan fingerprint density at radius 2 is 1.02 bits per heavy atom. The number of methoxy groups -OCH3 is 1. The number of carbonyl (C=O) groups is 4. The number of carboxylic acid groups (broad SMARTS) is 1. The lowest BCUT2D eigenvalue weighted by atomic mass is 9.79. The minimum atomic E-state index is -2.61. The van der Waals surface area contributed by atoms with Gasteiger partial charge in [-0.1, -0.05) is 18.2 Å². The molecule has 15 heteroatoms. The molecule has 0 amide bonds. The maximum atomic E-state index is 13.0. The molecule has 4 atom stereocenters. The van der Waals surface area contributed by atoms with Gasteiger partial charge in [-0.15, -0.1) is 0 Å². The van der Waals surface area contributed by atoms with Crippen LogP contribution in [0.2, 0.25) is 0 Å². The number of phenolic OH excluding ortho intramolecular Hbond substituents is 5. The van der Waals surface area contributed by atoms with E-state index in [4.69, 9.17) is 18.9 Å². The van der Waals surface area contributed by atoms with Crippen LogP contribution >= 0.6 is 0 Å². The molecule has 3 aromatic rings. The van der Waals surface area contributed by atoms with Crippen molar-refractivity contribution in [2.24, 2.45) is 0 Å². The fourth-order valence-electron chi connectivity index (χ4n) is 4.89. The van der Waals surface area contributed by atoms with E-state index >= 15 is 0 Å². The second kappa shape index (κ2) is 15.6. The van der Waals surface area contributed by atoms with Gasteiger partial charge in [0.25, 0.3) is 0 Å². The number of benzene rings is 3. The van der Waals surface area contributed by atoms with Crippen LogP contribution in [0.3, 0.4) is 0 Å². The molecule has 4 rings (SSSR count). The molecule has 0 unspecified atom stereocenters. The van der Waals surface area contributed by atoms with Crippen molar-refractivity contribution in [3.05, 3.63) is 89.5 Å². The van der Waals surface area contributed by atoms with Crippen molar-refractivity contribution in [3.8, 4) is 34.5 Å². The molecular weight excluding hydrogens is 660 g/mol. The SMILES string of the molecule is COc1cc(/C=C/C(=O)O[C@@H]2C[C@](O)(C(=O)O)C[C@@H](OC(=O)/C=C/c3ccc(O)c(O)c3)[C@H]2OC(=O)/C=C/c2ccc(O)c(O)c2)ccc1O. The summed E-state index contributed by atoms with van der Waals surface area (Å²) in [7, 11) is 1.33. The lowest BCUT2D eigenvalue weighted by molar-refractivity contribution is -0.211. The smallest absolute Gasteiger partial charge is 0.335 e. The monoisotopic (exact) mass is 692 g/mol. The van der Waals surface area contributed by atoms with Crippen LogP contribution in [-0.2, 0) is 33.4 Å². The second-order valence-electron chi connectivity index (χ2n) is 11.0. The fourth-order valence-corrected chi connectivity index (χ4v) is 4.89. The van der Waals surface area contributed by atoms with Crippen molar-refractivity contribution in [2.75, 3.05) is 7.11 Å². The minimum absolute atomic E-state index is 0.114. The zero-order valence-corrected chi connectivity index (χ0v) is 26.2. The fraction of sp³-hybridized carbons (Fsp3) is 0.200. The van der Waals surface area contributed by atoms with Crippen LogP contribution in [0.15, 0.2) is 72.8 Å².